The lowest BCUT2D eigenvalue weighted by molar-refractivity contribution is -0.137. The molecule has 1 heterocycles. The molecule has 2 N–H and O–H groups in total. The maximum atomic E-state index is 12.7. The van der Waals surface area contributed by atoms with E-state index in [4.69, 9.17) is 10.5 Å². The molecule has 0 radical (unpaired) electrons. The highest BCUT2D eigenvalue weighted by atomic mass is 19.4. The maximum absolute atomic E-state index is 12.7. The summed E-state index contributed by atoms with van der Waals surface area (Å²) in [6.07, 6.45) is -1.84. The second kappa shape index (κ2) is 4.75. The maximum Gasteiger partial charge on any atom is 0.416 e. The minimum atomic E-state index is -4.44. The van der Waals surface area contributed by atoms with Gasteiger partial charge in [0, 0.05) is 17.4 Å². The van der Waals surface area contributed by atoms with Crippen LogP contribution in [0.4, 0.5) is 18.9 Å². The summed E-state index contributed by atoms with van der Waals surface area (Å²) in [5, 5.41) is 0. The number of nitrogen functional groups attached to an aromatic ring is 1. The van der Waals surface area contributed by atoms with E-state index in [0.717, 1.165) is 12.1 Å². The number of aromatic nitrogens is 2. The van der Waals surface area contributed by atoms with Crippen LogP contribution in [0.2, 0.25) is 0 Å². The minimum absolute atomic E-state index is 0.168. The molecule has 19 heavy (non-hydrogen) atoms. The Morgan fingerprint density at radius 2 is 1.95 bits per heavy atom. The van der Waals surface area contributed by atoms with Gasteiger partial charge in [0.2, 0.25) is 5.88 Å². The van der Waals surface area contributed by atoms with Crippen molar-refractivity contribution >= 4 is 5.69 Å². The number of hydrogen-bond donors (Lipinski definition) is 1. The standard InChI is InChI=1S/C12H10F3N3O/c1-19-11-9(5-17-6-18-11)8-4-7(12(13,14)15)2-3-10(8)16/h2-6H,16H2,1H3. The number of halogens is 3. The fourth-order valence-electron chi connectivity index (χ4n) is 1.63. The highest BCUT2D eigenvalue weighted by Gasteiger charge is 2.31. The molecule has 0 fully saturated rings. The summed E-state index contributed by atoms with van der Waals surface area (Å²) in [6.45, 7) is 0. The number of nitrogens with two attached hydrogens (primary N) is 1. The smallest absolute Gasteiger partial charge is 0.416 e. The predicted octanol–water partition coefficient (Wildman–Crippen LogP) is 2.75. The van der Waals surface area contributed by atoms with Crippen molar-refractivity contribution in [1.82, 2.24) is 9.97 Å². The van der Waals surface area contributed by atoms with Gasteiger partial charge >= 0.3 is 6.18 Å². The van der Waals surface area contributed by atoms with Crippen LogP contribution in [0.25, 0.3) is 11.1 Å². The third kappa shape index (κ3) is 2.59. The third-order valence-electron chi connectivity index (χ3n) is 2.54. The molecule has 0 unspecified atom stereocenters. The molecule has 0 saturated heterocycles. The number of hydrogen-bond acceptors (Lipinski definition) is 4. The Morgan fingerprint density at radius 1 is 1.21 bits per heavy atom. The zero-order valence-electron chi connectivity index (χ0n) is 9.90. The van der Waals surface area contributed by atoms with Gasteiger partial charge in [0.25, 0.3) is 0 Å². The average Bonchev–Trinajstić information content (AvgIpc) is 2.38. The van der Waals surface area contributed by atoms with Crippen molar-refractivity contribution < 1.29 is 17.9 Å². The van der Waals surface area contributed by atoms with Crippen molar-refractivity contribution in [2.24, 2.45) is 0 Å². The Morgan fingerprint density at radius 3 is 2.58 bits per heavy atom. The Bertz CT molecular complexity index is 599. The fourth-order valence-corrected chi connectivity index (χ4v) is 1.63. The van der Waals surface area contributed by atoms with Gasteiger partial charge in [0.15, 0.2) is 0 Å². The molecule has 2 aromatic rings. The summed E-state index contributed by atoms with van der Waals surface area (Å²) in [7, 11) is 1.37. The summed E-state index contributed by atoms with van der Waals surface area (Å²) < 4.78 is 43.1. The van der Waals surface area contributed by atoms with Crippen LogP contribution in [0.15, 0.2) is 30.7 Å². The van der Waals surface area contributed by atoms with E-state index in [2.05, 4.69) is 9.97 Å². The van der Waals surface area contributed by atoms with E-state index in [1.807, 2.05) is 0 Å². The Hall–Kier alpha value is -2.31. The van der Waals surface area contributed by atoms with Crippen LogP contribution >= 0.6 is 0 Å². The first-order chi connectivity index (χ1) is 8.93. The second-order valence-electron chi connectivity index (χ2n) is 3.75. The highest BCUT2D eigenvalue weighted by Crippen LogP contribution is 2.37. The monoisotopic (exact) mass is 269 g/mol. The lowest BCUT2D eigenvalue weighted by Gasteiger charge is -2.12. The molecule has 100 valence electrons. The minimum Gasteiger partial charge on any atom is -0.480 e. The van der Waals surface area contributed by atoms with Crippen molar-refractivity contribution in [2.75, 3.05) is 12.8 Å². The molecular weight excluding hydrogens is 259 g/mol. The first-order valence-electron chi connectivity index (χ1n) is 5.24. The van der Waals surface area contributed by atoms with E-state index in [9.17, 15) is 13.2 Å². The van der Waals surface area contributed by atoms with Gasteiger partial charge in [-0.3, -0.25) is 0 Å². The quantitative estimate of drug-likeness (QED) is 0.851. The number of methoxy groups -OCH3 is 1. The number of benzene rings is 1. The number of nitrogens with zero attached hydrogens (tertiary/aromatic N) is 2. The lowest BCUT2D eigenvalue weighted by Crippen LogP contribution is -2.06. The van der Waals surface area contributed by atoms with E-state index in [1.54, 1.807) is 0 Å². The van der Waals surface area contributed by atoms with E-state index in [0.29, 0.717) is 5.56 Å². The van der Waals surface area contributed by atoms with Crippen LogP contribution in [0.3, 0.4) is 0 Å². The molecule has 0 amide bonds. The Labute approximate surface area is 107 Å². The molecule has 0 spiro atoms. The third-order valence-corrected chi connectivity index (χ3v) is 2.54. The van der Waals surface area contributed by atoms with E-state index < -0.39 is 11.7 Å². The highest BCUT2D eigenvalue weighted by molar-refractivity contribution is 5.79. The molecule has 0 aliphatic rings. The zero-order valence-corrected chi connectivity index (χ0v) is 9.90. The van der Waals surface area contributed by atoms with Gasteiger partial charge in [-0.1, -0.05) is 0 Å². The van der Waals surface area contributed by atoms with Crippen LogP contribution in [0, 0.1) is 0 Å². The number of anilines is 1. The summed E-state index contributed by atoms with van der Waals surface area (Å²) in [6, 6.07) is 3.08. The van der Waals surface area contributed by atoms with Crippen LogP contribution in [-0.2, 0) is 6.18 Å². The first kappa shape index (κ1) is 13.1. The molecule has 1 aromatic heterocycles. The number of rotatable bonds is 2. The van der Waals surface area contributed by atoms with Crippen LogP contribution < -0.4 is 10.5 Å². The van der Waals surface area contributed by atoms with Gasteiger partial charge in [-0.15, -0.1) is 0 Å². The van der Waals surface area contributed by atoms with Crippen molar-refractivity contribution in [2.45, 2.75) is 6.18 Å². The normalized spacial score (nSPS) is 11.4. The summed E-state index contributed by atoms with van der Waals surface area (Å²) in [4.78, 5) is 7.61. The Kier molecular flexibility index (Phi) is 3.28. The van der Waals surface area contributed by atoms with Gasteiger partial charge in [-0.05, 0) is 18.2 Å². The van der Waals surface area contributed by atoms with Gasteiger partial charge in [0.05, 0.1) is 18.2 Å². The van der Waals surface area contributed by atoms with E-state index in [1.165, 1.54) is 25.7 Å². The van der Waals surface area contributed by atoms with Gasteiger partial charge in [0.1, 0.15) is 6.33 Å². The van der Waals surface area contributed by atoms with Gasteiger partial charge in [-0.25, -0.2) is 9.97 Å². The van der Waals surface area contributed by atoms with Crippen molar-refractivity contribution in [1.29, 1.82) is 0 Å². The molecule has 2 rings (SSSR count). The second-order valence-corrected chi connectivity index (χ2v) is 3.75. The molecular formula is C12H10F3N3O. The van der Waals surface area contributed by atoms with Gasteiger partial charge in [-0.2, -0.15) is 13.2 Å². The molecule has 0 aliphatic heterocycles. The summed E-state index contributed by atoms with van der Waals surface area (Å²) in [5.74, 6) is 0.168. The van der Waals surface area contributed by atoms with Crippen LogP contribution in [0.1, 0.15) is 5.56 Å². The van der Waals surface area contributed by atoms with E-state index >= 15 is 0 Å². The molecule has 0 saturated carbocycles. The van der Waals surface area contributed by atoms with E-state index in [-0.39, 0.29) is 17.1 Å². The molecule has 7 heteroatoms. The molecule has 1 aromatic carbocycles. The first-order valence-corrected chi connectivity index (χ1v) is 5.24. The summed E-state index contributed by atoms with van der Waals surface area (Å²) >= 11 is 0. The SMILES string of the molecule is COc1ncncc1-c1cc(C(F)(F)F)ccc1N. The van der Waals surface area contributed by atoms with Crippen molar-refractivity contribution in [3.05, 3.63) is 36.3 Å². The van der Waals surface area contributed by atoms with Crippen LogP contribution in [-0.4, -0.2) is 17.1 Å². The topological polar surface area (TPSA) is 61.0 Å². The van der Waals surface area contributed by atoms with Crippen LogP contribution in [0.5, 0.6) is 5.88 Å². The average molecular weight is 269 g/mol. The van der Waals surface area contributed by atoms with Crippen molar-refractivity contribution in [3.63, 3.8) is 0 Å². The predicted molar refractivity (Wildman–Crippen MR) is 63.4 cm³/mol. The van der Waals surface area contributed by atoms with Crippen molar-refractivity contribution in [3.8, 4) is 17.0 Å². The lowest BCUT2D eigenvalue weighted by atomic mass is 10.0. The molecule has 4 nitrogen and oxygen atoms in total. The Balaban J connectivity index is 2.61. The van der Waals surface area contributed by atoms with Gasteiger partial charge < -0.3 is 10.5 Å². The summed E-state index contributed by atoms with van der Waals surface area (Å²) in [5.41, 5.74) is 5.62. The largest absolute Gasteiger partial charge is 0.480 e. The molecule has 0 atom stereocenters. The molecule has 0 bridgehead atoms. The number of ether oxygens (including phenoxy) is 1. The molecule has 0 aliphatic carbocycles. The number of alkyl halides is 3. The zero-order chi connectivity index (χ0) is 14.0. The fraction of sp³-hybridized carbons (Fsp3) is 0.167.